The molecule has 0 fully saturated rings. The first-order chi connectivity index (χ1) is 20.3. The molecule has 1 aliphatic carbocycles. The van der Waals surface area contributed by atoms with Crippen molar-refractivity contribution in [3.8, 4) is 0 Å². The van der Waals surface area contributed by atoms with Crippen LogP contribution < -0.4 is 52.8 Å². The summed E-state index contributed by atoms with van der Waals surface area (Å²) in [4.78, 5) is 0. The zero-order valence-corrected chi connectivity index (χ0v) is 32.8. The Kier molecular flexibility index (Phi) is 15.0. The summed E-state index contributed by atoms with van der Waals surface area (Å²) in [6, 6.07) is 32.4. The number of aryl methyl sites for hydroxylation is 6. The summed E-state index contributed by atoms with van der Waals surface area (Å²) in [5.41, 5.74) is 13.7. The van der Waals surface area contributed by atoms with Crippen molar-refractivity contribution in [2.45, 2.75) is 92.5 Å². The first-order valence-electron chi connectivity index (χ1n) is 16.3. The summed E-state index contributed by atoms with van der Waals surface area (Å²) in [5, 5.41) is 4.74. The summed E-state index contributed by atoms with van der Waals surface area (Å²) in [6.07, 6.45) is 6.36. The Morgan fingerprint density at radius 2 is 0.822 bits per heavy atom. The van der Waals surface area contributed by atoms with E-state index in [1.54, 1.807) is 21.1 Å². The maximum atomic E-state index is 2.61. The minimum Gasteiger partial charge on any atom is -1.00 e. The quantitative estimate of drug-likeness (QED) is 0.149. The second kappa shape index (κ2) is 17.0. The number of rotatable bonds is 10. The van der Waals surface area contributed by atoms with Crippen molar-refractivity contribution in [1.29, 1.82) is 0 Å². The Balaban J connectivity index is 0.00000235. The number of fused-ring (bicyclic) bond motifs is 1. The van der Waals surface area contributed by atoms with Gasteiger partial charge in [-0.05, 0) is 0 Å². The van der Waals surface area contributed by atoms with E-state index in [1.807, 2.05) is 0 Å². The molecular formula is C40H47Cl3SiTi. The second-order valence-corrected chi connectivity index (χ2v) is 16.8. The standard InChI is InChI=1S/C40H47Si.3ClH.Ti/c1-8-29-19-30(9-2)23-36(22-29)41(37-24-31(10-3)20-32(11-4)25-37,38-26-33(12-5)21-34(13-6)27-38)40-28(7)18-35-16-14-15-17-39(35)40;;;;/h14-17,19-27,40H,8-13H2,1-7H3;3*1H;/q;;;;+3/p-3. The molecule has 1 aliphatic rings. The number of halogens is 3. The van der Waals surface area contributed by atoms with E-state index in [0.717, 1.165) is 38.5 Å². The molecule has 45 heavy (non-hydrogen) atoms. The molecule has 4 aromatic carbocycles. The van der Waals surface area contributed by atoms with E-state index in [-0.39, 0.29) is 37.2 Å². The average molecular weight is 710 g/mol. The van der Waals surface area contributed by atoms with Crippen LogP contribution >= 0.6 is 0 Å². The van der Waals surface area contributed by atoms with E-state index in [9.17, 15) is 0 Å². The monoisotopic (exact) mass is 708 g/mol. The van der Waals surface area contributed by atoms with Gasteiger partial charge in [-0.1, -0.05) is 0 Å². The summed E-state index contributed by atoms with van der Waals surface area (Å²) in [5.74, 6) is 0. The maximum absolute atomic E-state index is 2.69. The van der Waals surface area contributed by atoms with E-state index < -0.39 is 8.07 Å². The fourth-order valence-corrected chi connectivity index (χ4v) is 14.1. The molecule has 1 atom stereocenters. The van der Waals surface area contributed by atoms with E-state index in [0.29, 0.717) is 5.54 Å². The van der Waals surface area contributed by atoms with Crippen LogP contribution in [0.3, 0.4) is 0 Å². The average Bonchev–Trinajstić information content (AvgIpc) is 3.30. The molecule has 0 N–H and O–H groups in total. The largest absolute Gasteiger partial charge is 1.00 e. The molecule has 0 saturated heterocycles. The number of hydrogen-bond acceptors (Lipinski definition) is 0. The van der Waals surface area contributed by atoms with Crippen molar-refractivity contribution in [3.63, 3.8) is 0 Å². The molecule has 0 bridgehead atoms. The van der Waals surface area contributed by atoms with Crippen LogP contribution in [0.4, 0.5) is 0 Å². The van der Waals surface area contributed by atoms with Gasteiger partial charge in [0.05, 0.1) is 0 Å². The molecule has 4 aromatic rings. The number of hydrogen-bond donors (Lipinski definition) is 0. The zero-order valence-electron chi connectivity index (χ0n) is 28.0. The fraction of sp³-hybridized carbons (Fsp3) is 0.350. The summed E-state index contributed by atoms with van der Waals surface area (Å²) in [6.45, 7) is 16.4. The Morgan fingerprint density at radius 3 is 1.13 bits per heavy atom. The van der Waals surface area contributed by atoms with E-state index in [1.165, 1.54) is 48.4 Å². The van der Waals surface area contributed by atoms with Gasteiger partial charge in [-0.15, -0.1) is 0 Å². The van der Waals surface area contributed by atoms with Gasteiger partial charge in [0.1, 0.15) is 0 Å². The minimum atomic E-state index is -2.69. The SMILES string of the molecule is CCc1cc(CC)cc([Si](c2cc(CC)cc(CC)c2)(c2cc(CC)cc(CC)c2)C2C(C)=[C]([Ti+3])c3ccccc32)c1.[Cl-].[Cl-].[Cl-]. The van der Waals surface area contributed by atoms with Gasteiger partial charge in [0, 0.05) is 0 Å². The molecule has 0 nitrogen and oxygen atoms in total. The molecule has 5 rings (SSSR count). The molecule has 0 amide bonds. The molecule has 0 spiro atoms. The third kappa shape index (κ3) is 7.30. The maximum Gasteiger partial charge on any atom is -1.00 e. The van der Waals surface area contributed by atoms with E-state index in [2.05, 4.69) is 148 Å². The normalized spacial score (nSPS) is 13.9. The number of allylic oxidation sites excluding steroid dienone is 1. The topological polar surface area (TPSA) is 0 Å². The molecule has 0 aliphatic heterocycles. The van der Waals surface area contributed by atoms with Crippen LogP contribution in [0.15, 0.2) is 84.4 Å². The Labute approximate surface area is 304 Å². The van der Waals surface area contributed by atoms with Crippen LogP contribution in [0.5, 0.6) is 0 Å². The Morgan fingerprint density at radius 1 is 0.511 bits per heavy atom. The van der Waals surface area contributed by atoms with Crippen molar-refractivity contribution < 1.29 is 57.7 Å². The third-order valence-corrected chi connectivity index (χ3v) is 16.0. The van der Waals surface area contributed by atoms with Crippen LogP contribution in [0, 0.1) is 0 Å². The van der Waals surface area contributed by atoms with Crippen LogP contribution in [-0.2, 0) is 59.0 Å². The van der Waals surface area contributed by atoms with Gasteiger partial charge in [-0.3, -0.25) is 0 Å². The smallest absolute Gasteiger partial charge is 1.00 e. The van der Waals surface area contributed by atoms with Crippen molar-refractivity contribution in [2.24, 2.45) is 0 Å². The predicted molar refractivity (Wildman–Crippen MR) is 182 cm³/mol. The summed E-state index contributed by atoms with van der Waals surface area (Å²) >= 11 is 2.37. The van der Waals surface area contributed by atoms with Gasteiger partial charge < -0.3 is 37.2 Å². The Bertz CT molecular complexity index is 1440. The van der Waals surface area contributed by atoms with Gasteiger partial charge >= 0.3 is 269 Å². The first kappa shape index (κ1) is 39.6. The molecule has 236 valence electrons. The van der Waals surface area contributed by atoms with E-state index in [4.69, 9.17) is 0 Å². The molecule has 0 aromatic heterocycles. The molecule has 5 heteroatoms. The molecule has 1 unspecified atom stereocenters. The van der Waals surface area contributed by atoms with Gasteiger partial charge in [0.2, 0.25) is 0 Å². The van der Waals surface area contributed by atoms with E-state index >= 15 is 0 Å². The van der Waals surface area contributed by atoms with Crippen LogP contribution in [-0.4, -0.2) is 8.07 Å². The molecule has 0 radical (unpaired) electrons. The fourth-order valence-electron chi connectivity index (χ4n) is 7.32. The van der Waals surface area contributed by atoms with Gasteiger partial charge in [0.15, 0.2) is 0 Å². The molecule has 0 saturated carbocycles. The summed E-state index contributed by atoms with van der Waals surface area (Å²) < 4.78 is 1.47. The van der Waals surface area contributed by atoms with Crippen molar-refractivity contribution in [1.82, 2.24) is 0 Å². The van der Waals surface area contributed by atoms with Crippen LogP contribution in [0.2, 0.25) is 0 Å². The van der Waals surface area contributed by atoms with Crippen molar-refractivity contribution in [2.75, 3.05) is 0 Å². The molecule has 0 heterocycles. The van der Waals surface area contributed by atoms with Crippen molar-refractivity contribution in [3.05, 3.63) is 129 Å². The number of benzene rings is 4. The zero-order chi connectivity index (χ0) is 30.0. The second-order valence-electron chi connectivity index (χ2n) is 12.1. The third-order valence-electron chi connectivity index (χ3n) is 9.77. The Hall–Kier alpha value is -1.58. The van der Waals surface area contributed by atoms with Gasteiger partial charge in [-0.2, -0.15) is 0 Å². The van der Waals surface area contributed by atoms with Gasteiger partial charge in [-0.25, -0.2) is 0 Å². The molecular weight excluding hydrogens is 663 g/mol. The van der Waals surface area contributed by atoms with Crippen LogP contribution in [0.25, 0.3) is 3.88 Å². The van der Waals surface area contributed by atoms with Crippen LogP contribution in [0.1, 0.15) is 98.5 Å². The first-order valence-corrected chi connectivity index (χ1v) is 19.1. The predicted octanol–water partition coefficient (Wildman–Crippen LogP) is -0.842. The van der Waals surface area contributed by atoms with Gasteiger partial charge in [0.25, 0.3) is 0 Å². The minimum absolute atomic E-state index is 0. The summed E-state index contributed by atoms with van der Waals surface area (Å²) in [7, 11) is -2.69. The van der Waals surface area contributed by atoms with Crippen molar-refractivity contribution >= 4 is 27.5 Å².